The van der Waals surface area contributed by atoms with Gasteiger partial charge in [-0.2, -0.15) is 0 Å². The van der Waals surface area contributed by atoms with E-state index in [1.807, 2.05) is 6.92 Å². The molecule has 0 fully saturated rings. The first-order valence-electron chi connectivity index (χ1n) is 7.70. The SMILES string of the molecule is CCCN(CC(=O)Nc1cc(Cl)ccc1Cl)C(=O)CNCCOC.Cl. The van der Waals surface area contributed by atoms with Crippen molar-refractivity contribution < 1.29 is 14.3 Å². The summed E-state index contributed by atoms with van der Waals surface area (Å²) in [6.07, 6.45) is 0.759. The van der Waals surface area contributed by atoms with Crippen molar-refractivity contribution in [2.24, 2.45) is 0 Å². The maximum absolute atomic E-state index is 12.2. The summed E-state index contributed by atoms with van der Waals surface area (Å²) < 4.78 is 4.91. The number of anilines is 1. The van der Waals surface area contributed by atoms with E-state index in [2.05, 4.69) is 10.6 Å². The zero-order chi connectivity index (χ0) is 17.9. The molecule has 6 nitrogen and oxygen atoms in total. The third kappa shape index (κ3) is 9.28. The molecule has 1 rings (SSSR count). The van der Waals surface area contributed by atoms with Gasteiger partial charge in [-0.25, -0.2) is 0 Å². The molecule has 0 aliphatic carbocycles. The highest BCUT2D eigenvalue weighted by Gasteiger charge is 2.17. The summed E-state index contributed by atoms with van der Waals surface area (Å²) in [5, 5.41) is 6.52. The molecule has 0 heterocycles. The van der Waals surface area contributed by atoms with E-state index in [1.54, 1.807) is 25.3 Å². The number of hydrogen-bond acceptors (Lipinski definition) is 4. The zero-order valence-corrected chi connectivity index (χ0v) is 16.6. The van der Waals surface area contributed by atoms with Crippen LogP contribution in [0, 0.1) is 0 Å². The molecule has 1 aromatic carbocycles. The number of halogens is 3. The molecular formula is C16H24Cl3N3O3. The van der Waals surface area contributed by atoms with Crippen molar-refractivity contribution in [2.45, 2.75) is 13.3 Å². The van der Waals surface area contributed by atoms with Gasteiger partial charge in [0.1, 0.15) is 0 Å². The Hall–Kier alpha value is -1.05. The van der Waals surface area contributed by atoms with Gasteiger partial charge in [-0.3, -0.25) is 9.59 Å². The van der Waals surface area contributed by atoms with Gasteiger partial charge < -0.3 is 20.3 Å². The van der Waals surface area contributed by atoms with Crippen molar-refractivity contribution in [1.82, 2.24) is 10.2 Å². The summed E-state index contributed by atoms with van der Waals surface area (Å²) in [5.74, 6) is -0.460. The minimum Gasteiger partial charge on any atom is -0.383 e. The molecule has 9 heteroatoms. The first-order chi connectivity index (χ1) is 11.5. The quantitative estimate of drug-likeness (QED) is 0.580. The Morgan fingerprint density at radius 3 is 2.64 bits per heavy atom. The predicted octanol–water partition coefficient (Wildman–Crippen LogP) is 2.83. The van der Waals surface area contributed by atoms with Gasteiger partial charge in [0.05, 0.1) is 30.4 Å². The molecule has 25 heavy (non-hydrogen) atoms. The summed E-state index contributed by atoms with van der Waals surface area (Å²) in [4.78, 5) is 25.9. The lowest BCUT2D eigenvalue weighted by molar-refractivity contribution is -0.133. The lowest BCUT2D eigenvalue weighted by atomic mass is 10.3. The smallest absolute Gasteiger partial charge is 0.244 e. The van der Waals surface area contributed by atoms with E-state index in [4.69, 9.17) is 27.9 Å². The van der Waals surface area contributed by atoms with Crippen LogP contribution in [-0.4, -0.2) is 56.6 Å². The van der Waals surface area contributed by atoms with Crippen LogP contribution in [0.3, 0.4) is 0 Å². The maximum atomic E-state index is 12.2. The van der Waals surface area contributed by atoms with Crippen LogP contribution in [0.5, 0.6) is 0 Å². The van der Waals surface area contributed by atoms with Crippen LogP contribution >= 0.6 is 35.6 Å². The lowest BCUT2D eigenvalue weighted by Gasteiger charge is -2.22. The average Bonchev–Trinajstić information content (AvgIpc) is 2.54. The molecule has 0 saturated carbocycles. The van der Waals surface area contributed by atoms with Crippen molar-refractivity contribution in [1.29, 1.82) is 0 Å². The van der Waals surface area contributed by atoms with Crippen molar-refractivity contribution in [3.8, 4) is 0 Å². The van der Waals surface area contributed by atoms with Crippen molar-refractivity contribution in [2.75, 3.05) is 45.2 Å². The number of benzene rings is 1. The van der Waals surface area contributed by atoms with E-state index in [1.165, 1.54) is 4.90 Å². The molecule has 2 N–H and O–H groups in total. The first-order valence-corrected chi connectivity index (χ1v) is 8.45. The minimum absolute atomic E-state index is 0. The van der Waals surface area contributed by atoms with Gasteiger partial charge in [0, 0.05) is 25.2 Å². The molecule has 0 aliphatic heterocycles. The van der Waals surface area contributed by atoms with Gasteiger partial charge in [0.25, 0.3) is 0 Å². The summed E-state index contributed by atoms with van der Waals surface area (Å²) in [7, 11) is 1.60. The number of nitrogens with zero attached hydrogens (tertiary/aromatic N) is 1. The number of ether oxygens (including phenoxy) is 1. The van der Waals surface area contributed by atoms with Gasteiger partial charge in [-0.1, -0.05) is 30.1 Å². The van der Waals surface area contributed by atoms with Crippen LogP contribution in [0.4, 0.5) is 5.69 Å². The topological polar surface area (TPSA) is 70.7 Å². The fourth-order valence-electron chi connectivity index (χ4n) is 2.00. The number of amides is 2. The van der Waals surface area contributed by atoms with Crippen LogP contribution in [-0.2, 0) is 14.3 Å². The van der Waals surface area contributed by atoms with E-state index in [9.17, 15) is 9.59 Å². The number of hydrogen-bond donors (Lipinski definition) is 2. The zero-order valence-electron chi connectivity index (χ0n) is 14.3. The molecule has 0 aromatic heterocycles. The first kappa shape index (κ1) is 23.9. The maximum Gasteiger partial charge on any atom is 0.244 e. The van der Waals surface area contributed by atoms with Crippen LogP contribution < -0.4 is 10.6 Å². The lowest BCUT2D eigenvalue weighted by Crippen LogP contribution is -2.43. The Morgan fingerprint density at radius 2 is 2.00 bits per heavy atom. The van der Waals surface area contributed by atoms with Gasteiger partial charge in [0.15, 0.2) is 0 Å². The fourth-order valence-corrected chi connectivity index (χ4v) is 2.34. The van der Waals surface area contributed by atoms with Gasteiger partial charge in [-0.05, 0) is 24.6 Å². The number of nitrogens with one attached hydrogen (secondary N) is 2. The van der Waals surface area contributed by atoms with E-state index in [0.717, 1.165) is 6.42 Å². The van der Waals surface area contributed by atoms with Gasteiger partial charge in [-0.15, -0.1) is 12.4 Å². The number of rotatable bonds is 10. The number of carbonyl (C=O) groups excluding carboxylic acids is 2. The van der Waals surface area contributed by atoms with Crippen molar-refractivity contribution >= 4 is 53.1 Å². The molecule has 2 amide bonds. The van der Waals surface area contributed by atoms with E-state index >= 15 is 0 Å². The third-order valence-corrected chi connectivity index (χ3v) is 3.71. The molecule has 0 bridgehead atoms. The molecule has 0 radical (unpaired) electrons. The molecule has 0 saturated heterocycles. The van der Waals surface area contributed by atoms with Crippen LogP contribution in [0.25, 0.3) is 0 Å². The van der Waals surface area contributed by atoms with Gasteiger partial charge >= 0.3 is 0 Å². The van der Waals surface area contributed by atoms with Crippen LogP contribution in [0.1, 0.15) is 13.3 Å². The predicted molar refractivity (Wildman–Crippen MR) is 104 cm³/mol. The molecule has 0 aliphatic rings. The van der Waals surface area contributed by atoms with Crippen LogP contribution in [0.15, 0.2) is 18.2 Å². The fraction of sp³-hybridized carbons (Fsp3) is 0.500. The monoisotopic (exact) mass is 411 g/mol. The highest BCUT2D eigenvalue weighted by molar-refractivity contribution is 6.35. The molecule has 1 aromatic rings. The number of carbonyl (C=O) groups is 2. The Morgan fingerprint density at radius 1 is 1.28 bits per heavy atom. The summed E-state index contributed by atoms with van der Waals surface area (Å²) in [6, 6.07) is 4.81. The second-order valence-corrected chi connectivity index (χ2v) is 6.00. The largest absolute Gasteiger partial charge is 0.383 e. The Labute approximate surface area is 164 Å². The highest BCUT2D eigenvalue weighted by atomic mass is 35.5. The standard InChI is InChI=1S/C16H23Cl2N3O3.ClH/c1-3-7-21(16(23)10-19-6-8-24-2)11-15(22)20-14-9-12(17)4-5-13(14)18;/h4-5,9,19H,3,6-8,10-11H2,1-2H3,(H,20,22);1H. The molecule has 0 unspecified atom stereocenters. The number of methoxy groups -OCH3 is 1. The third-order valence-electron chi connectivity index (χ3n) is 3.14. The van der Waals surface area contributed by atoms with Crippen molar-refractivity contribution in [3.63, 3.8) is 0 Å². The highest BCUT2D eigenvalue weighted by Crippen LogP contribution is 2.25. The van der Waals surface area contributed by atoms with E-state index in [-0.39, 0.29) is 37.3 Å². The average molecular weight is 413 g/mol. The second-order valence-electron chi connectivity index (χ2n) is 5.16. The summed E-state index contributed by atoms with van der Waals surface area (Å²) >= 11 is 11.9. The van der Waals surface area contributed by atoms with Gasteiger partial charge in [0.2, 0.25) is 11.8 Å². The molecule has 0 spiro atoms. The molecule has 142 valence electrons. The summed E-state index contributed by atoms with van der Waals surface area (Å²) in [5.41, 5.74) is 0.427. The van der Waals surface area contributed by atoms with E-state index < -0.39 is 0 Å². The molecule has 0 atom stereocenters. The Balaban J connectivity index is 0.00000576. The normalized spacial score (nSPS) is 10.1. The van der Waals surface area contributed by atoms with E-state index in [0.29, 0.717) is 35.4 Å². The minimum atomic E-state index is -0.321. The summed E-state index contributed by atoms with van der Waals surface area (Å²) in [6.45, 7) is 3.67. The Bertz CT molecular complexity index is 559. The second kappa shape index (κ2) is 13.2. The van der Waals surface area contributed by atoms with Crippen LogP contribution in [0.2, 0.25) is 10.0 Å². The van der Waals surface area contributed by atoms with Crippen molar-refractivity contribution in [3.05, 3.63) is 28.2 Å². The molecular weight excluding hydrogens is 389 g/mol. The Kier molecular flexibility index (Phi) is 12.6.